The van der Waals surface area contributed by atoms with Gasteiger partial charge in [0.05, 0.1) is 26.4 Å². The Morgan fingerprint density at radius 2 is 0.500 bits per heavy atom. The van der Waals surface area contributed by atoms with E-state index in [0.717, 1.165) is 110 Å². The Labute approximate surface area is 488 Å². The van der Waals surface area contributed by atoms with E-state index in [2.05, 4.69) is 266 Å². The number of benzene rings is 8. The second kappa shape index (κ2) is 27.4. The van der Waals surface area contributed by atoms with Crippen molar-refractivity contribution < 1.29 is 18.9 Å². The average Bonchev–Trinajstić information content (AvgIpc) is 3.54. The van der Waals surface area contributed by atoms with Crippen molar-refractivity contribution in [3.8, 4) is 23.0 Å². The fraction of sp³-hybridized carbons (Fsp3) is 0.200. The lowest BCUT2D eigenvalue weighted by Crippen LogP contribution is -2.10. The molecule has 0 amide bonds. The number of ether oxygens (including phenoxy) is 4. The molecule has 9 rings (SSSR count). The summed E-state index contributed by atoms with van der Waals surface area (Å²) in [6.45, 7) is 10.3. The van der Waals surface area contributed by atoms with Crippen molar-refractivity contribution in [3.63, 3.8) is 0 Å². The van der Waals surface area contributed by atoms with Gasteiger partial charge in [0, 0.05) is 66.7 Å². The minimum atomic E-state index is 0.518. The Hall–Kier alpha value is -6.42. The summed E-state index contributed by atoms with van der Waals surface area (Å²) in [6.07, 6.45) is 24.1. The summed E-state index contributed by atoms with van der Waals surface area (Å²) in [4.78, 5) is 2.53. The first-order chi connectivity index (χ1) is 38.1. The van der Waals surface area contributed by atoms with Gasteiger partial charge >= 0.3 is 0 Å². The number of fused-ring (bicyclic) bond motifs is 8. The standard InChI is InChI=1S/C70H66Br2O4S2/c1-7-73-67-55-35-53(25-23-49-15-11-47(12-16-49)19-21-51-27-31-65(77-5)32-28-51)36-56(67)40-60-44-64(72)46-62(70(60)76-10-4)42-58-38-54(26-24-50-17-13-48(14-18-50)20-22-52-29-33-66(78-6)34-30-52)37-57(68(58)74-8-2)41-61-45-63(71)43-59(39-55)69(61)75-9-3/h11-38,43-46H,7-10,39-42H2,1-6H3/b21-19+,22-20+,25-23+,26-24+. The van der Waals surface area contributed by atoms with E-state index in [1.165, 1.54) is 20.9 Å². The Kier molecular flexibility index (Phi) is 19.8. The predicted octanol–water partition coefficient (Wildman–Crippen LogP) is 19.6. The molecule has 0 saturated heterocycles. The molecule has 0 N–H and O–H groups in total. The molecule has 0 heterocycles. The highest BCUT2D eigenvalue weighted by Crippen LogP contribution is 2.42. The van der Waals surface area contributed by atoms with Crippen LogP contribution in [0.4, 0.5) is 0 Å². The molecule has 78 heavy (non-hydrogen) atoms. The summed E-state index contributed by atoms with van der Waals surface area (Å²) in [7, 11) is 0. The van der Waals surface area contributed by atoms with Crippen molar-refractivity contribution in [1.82, 2.24) is 0 Å². The summed E-state index contributed by atoms with van der Waals surface area (Å²) in [6, 6.07) is 52.7. The highest BCUT2D eigenvalue weighted by Gasteiger charge is 2.24. The number of halogens is 2. The highest BCUT2D eigenvalue weighted by atomic mass is 79.9. The monoisotopic (exact) mass is 1190 g/mol. The van der Waals surface area contributed by atoms with Crippen LogP contribution < -0.4 is 18.9 Å². The smallest absolute Gasteiger partial charge is 0.126 e. The van der Waals surface area contributed by atoms with Gasteiger partial charge in [-0.1, -0.05) is 153 Å². The molecule has 8 aromatic carbocycles. The van der Waals surface area contributed by atoms with Crippen LogP contribution in [0.2, 0.25) is 0 Å². The first-order valence-corrected chi connectivity index (χ1v) is 30.8. The minimum Gasteiger partial charge on any atom is -0.493 e. The summed E-state index contributed by atoms with van der Waals surface area (Å²) in [5, 5.41) is 0. The molecule has 4 nitrogen and oxygen atoms in total. The number of hydrogen-bond donors (Lipinski definition) is 0. The van der Waals surface area contributed by atoms with Crippen molar-refractivity contribution in [2.75, 3.05) is 38.9 Å². The topological polar surface area (TPSA) is 36.9 Å². The van der Waals surface area contributed by atoms with E-state index in [0.29, 0.717) is 52.1 Å². The molecule has 1 aliphatic carbocycles. The molecule has 0 aromatic heterocycles. The SMILES string of the molecule is CCOc1c2cc(Br)cc1Cc1cc(/C=C/c3ccc(/C=C/c4ccc(SC)cc4)cc3)cc(c1OCC)Cc1cc(Br)cc(c1OCC)Cc1cc(/C=C/c3ccc(/C=C/c4ccc(SC)cc4)cc3)cc(c1OCC)C2. The summed E-state index contributed by atoms with van der Waals surface area (Å²) >= 11 is 11.4. The fourth-order valence-electron chi connectivity index (χ4n) is 10.0. The van der Waals surface area contributed by atoms with Crippen LogP contribution in [-0.2, 0) is 25.7 Å². The zero-order valence-corrected chi connectivity index (χ0v) is 50.1. The van der Waals surface area contributed by atoms with Gasteiger partial charge in [0.15, 0.2) is 0 Å². The van der Waals surface area contributed by atoms with E-state index in [9.17, 15) is 0 Å². The van der Waals surface area contributed by atoms with Gasteiger partial charge in [-0.05, 0) is 180 Å². The molecule has 396 valence electrons. The van der Waals surface area contributed by atoms with Crippen LogP contribution in [0.1, 0.15) is 117 Å². The Morgan fingerprint density at radius 1 is 0.308 bits per heavy atom. The third-order valence-corrected chi connectivity index (χ3v) is 16.0. The van der Waals surface area contributed by atoms with Crippen LogP contribution in [0.25, 0.3) is 48.6 Å². The van der Waals surface area contributed by atoms with Gasteiger partial charge in [-0.25, -0.2) is 0 Å². The van der Waals surface area contributed by atoms with Gasteiger partial charge in [0.2, 0.25) is 0 Å². The summed E-state index contributed by atoms with van der Waals surface area (Å²) < 4.78 is 28.9. The zero-order valence-electron chi connectivity index (χ0n) is 45.3. The van der Waals surface area contributed by atoms with Crippen molar-refractivity contribution in [3.05, 3.63) is 244 Å². The van der Waals surface area contributed by atoms with Gasteiger partial charge < -0.3 is 18.9 Å². The van der Waals surface area contributed by atoms with Gasteiger partial charge in [-0.15, -0.1) is 23.5 Å². The van der Waals surface area contributed by atoms with Crippen LogP contribution in [-0.4, -0.2) is 38.9 Å². The molecule has 1 aliphatic rings. The minimum absolute atomic E-state index is 0.518. The lowest BCUT2D eigenvalue weighted by atomic mass is 9.89. The quantitative estimate of drug-likeness (QED) is 0.0630. The van der Waals surface area contributed by atoms with Crippen LogP contribution in [0, 0.1) is 0 Å². The molecule has 0 saturated carbocycles. The molecular formula is C70H66Br2O4S2. The van der Waals surface area contributed by atoms with Crippen molar-refractivity contribution in [1.29, 1.82) is 0 Å². The number of hydrogen-bond acceptors (Lipinski definition) is 6. The van der Waals surface area contributed by atoms with Crippen molar-refractivity contribution in [2.45, 2.75) is 63.2 Å². The zero-order chi connectivity index (χ0) is 54.4. The molecule has 0 fully saturated rings. The van der Waals surface area contributed by atoms with Gasteiger partial charge in [-0.3, -0.25) is 0 Å². The molecule has 8 bridgehead atoms. The molecule has 0 aliphatic heterocycles. The largest absolute Gasteiger partial charge is 0.493 e. The van der Waals surface area contributed by atoms with Crippen LogP contribution in [0.5, 0.6) is 23.0 Å². The van der Waals surface area contributed by atoms with E-state index in [1.54, 1.807) is 23.5 Å². The molecule has 0 atom stereocenters. The maximum atomic E-state index is 6.74. The van der Waals surface area contributed by atoms with Crippen LogP contribution in [0.15, 0.2) is 164 Å². The Balaban J connectivity index is 1.12. The average molecular weight is 1200 g/mol. The Bertz CT molecular complexity index is 3140. The van der Waals surface area contributed by atoms with E-state index in [-0.39, 0.29) is 0 Å². The lowest BCUT2D eigenvalue weighted by molar-refractivity contribution is 0.326. The van der Waals surface area contributed by atoms with E-state index < -0.39 is 0 Å². The van der Waals surface area contributed by atoms with Crippen LogP contribution in [0.3, 0.4) is 0 Å². The third-order valence-electron chi connectivity index (χ3n) is 13.6. The van der Waals surface area contributed by atoms with Gasteiger partial charge in [-0.2, -0.15) is 0 Å². The summed E-state index contributed by atoms with van der Waals surface area (Å²) in [5.74, 6) is 3.54. The van der Waals surface area contributed by atoms with Crippen molar-refractivity contribution in [2.24, 2.45) is 0 Å². The number of thioether (sulfide) groups is 2. The van der Waals surface area contributed by atoms with E-state index >= 15 is 0 Å². The first kappa shape index (κ1) is 56.3. The highest BCUT2D eigenvalue weighted by molar-refractivity contribution is 9.10. The maximum absolute atomic E-state index is 6.74. The molecule has 0 unspecified atom stereocenters. The maximum Gasteiger partial charge on any atom is 0.126 e. The number of rotatable bonds is 18. The summed E-state index contributed by atoms with van der Waals surface area (Å²) in [5.41, 5.74) is 17.7. The lowest BCUT2D eigenvalue weighted by Gasteiger charge is -2.23. The molecule has 8 heteroatoms. The Morgan fingerprint density at radius 3 is 0.705 bits per heavy atom. The normalized spacial score (nSPS) is 12.5. The molecule has 0 spiro atoms. The first-order valence-electron chi connectivity index (χ1n) is 26.8. The molecule has 0 radical (unpaired) electrons. The fourth-order valence-corrected chi connectivity index (χ4v) is 11.9. The molecule has 8 aromatic rings. The van der Waals surface area contributed by atoms with Crippen LogP contribution >= 0.6 is 55.4 Å². The molecular weight excluding hydrogens is 1130 g/mol. The van der Waals surface area contributed by atoms with Gasteiger partial charge in [0.1, 0.15) is 23.0 Å². The van der Waals surface area contributed by atoms with E-state index in [1.807, 2.05) is 0 Å². The van der Waals surface area contributed by atoms with E-state index in [4.69, 9.17) is 18.9 Å². The third kappa shape index (κ3) is 14.6. The predicted molar refractivity (Wildman–Crippen MR) is 342 cm³/mol. The second-order valence-corrected chi connectivity index (χ2v) is 22.7. The second-order valence-electron chi connectivity index (χ2n) is 19.1. The van der Waals surface area contributed by atoms with Gasteiger partial charge in [0.25, 0.3) is 0 Å². The van der Waals surface area contributed by atoms with Crippen molar-refractivity contribution >= 4 is 104 Å².